The zero-order chi connectivity index (χ0) is 16.7. The van der Waals surface area contributed by atoms with Gasteiger partial charge in [0.05, 0.1) is 5.70 Å². The van der Waals surface area contributed by atoms with Gasteiger partial charge < -0.3 is 4.90 Å². The number of ketones is 2. The summed E-state index contributed by atoms with van der Waals surface area (Å²) in [7, 11) is 1.91. The Balaban J connectivity index is 1.93. The van der Waals surface area contributed by atoms with Crippen LogP contribution in [0.25, 0.3) is 16.5 Å². The summed E-state index contributed by atoms with van der Waals surface area (Å²) in [6.07, 6.45) is 1.44. The highest BCUT2D eigenvalue weighted by atomic mass is 16.2. The molecule has 0 bridgehead atoms. The number of hydrogen-bond donors (Lipinski definition) is 0. The second-order valence-corrected chi connectivity index (χ2v) is 5.86. The van der Waals surface area contributed by atoms with Crippen LogP contribution >= 0.6 is 0 Å². The largest absolute Gasteiger partial charge is 0.344 e. The SMILES string of the molecule is CN(C1=CC(=O)C(=O)c2cc3ccccc3cc21)c1ccccc1. The summed E-state index contributed by atoms with van der Waals surface area (Å²) < 4.78 is 0. The van der Waals surface area contributed by atoms with Gasteiger partial charge in [0.2, 0.25) is 11.6 Å². The Morgan fingerprint density at radius 3 is 2.00 bits per heavy atom. The van der Waals surface area contributed by atoms with Crippen molar-refractivity contribution in [3.63, 3.8) is 0 Å². The highest BCUT2D eigenvalue weighted by Gasteiger charge is 2.28. The molecular formula is C21H15NO2. The van der Waals surface area contributed by atoms with Gasteiger partial charge in [-0.15, -0.1) is 0 Å². The molecule has 3 heteroatoms. The first-order chi connectivity index (χ1) is 11.6. The average Bonchev–Trinajstić information content (AvgIpc) is 2.63. The summed E-state index contributed by atoms with van der Waals surface area (Å²) in [5.41, 5.74) is 2.97. The number of benzene rings is 3. The van der Waals surface area contributed by atoms with Gasteiger partial charge in [-0.3, -0.25) is 9.59 Å². The molecule has 0 fully saturated rings. The van der Waals surface area contributed by atoms with Crippen LogP contribution in [0.4, 0.5) is 5.69 Å². The van der Waals surface area contributed by atoms with Gasteiger partial charge in [-0.25, -0.2) is 0 Å². The van der Waals surface area contributed by atoms with Crippen molar-refractivity contribution in [1.29, 1.82) is 0 Å². The van der Waals surface area contributed by atoms with Crippen molar-refractivity contribution in [2.45, 2.75) is 0 Å². The fourth-order valence-electron chi connectivity index (χ4n) is 3.11. The van der Waals surface area contributed by atoms with E-state index in [9.17, 15) is 9.59 Å². The van der Waals surface area contributed by atoms with Crippen LogP contribution in [-0.4, -0.2) is 18.6 Å². The normalized spacial score (nSPS) is 13.6. The van der Waals surface area contributed by atoms with Crippen molar-refractivity contribution >= 4 is 33.7 Å². The van der Waals surface area contributed by atoms with Crippen LogP contribution < -0.4 is 4.90 Å². The van der Waals surface area contributed by atoms with Crippen molar-refractivity contribution in [2.24, 2.45) is 0 Å². The Labute approximate surface area is 139 Å². The van der Waals surface area contributed by atoms with Crippen molar-refractivity contribution in [1.82, 2.24) is 0 Å². The lowest BCUT2D eigenvalue weighted by Crippen LogP contribution is -2.25. The molecule has 0 N–H and O–H groups in total. The van der Waals surface area contributed by atoms with E-state index in [2.05, 4.69) is 0 Å². The molecule has 3 aromatic carbocycles. The smallest absolute Gasteiger partial charge is 0.233 e. The summed E-state index contributed by atoms with van der Waals surface area (Å²) in [6, 6.07) is 21.5. The maximum atomic E-state index is 12.4. The van der Waals surface area contributed by atoms with Crippen molar-refractivity contribution in [3.8, 4) is 0 Å². The molecule has 0 saturated carbocycles. The van der Waals surface area contributed by atoms with Crippen LogP contribution in [-0.2, 0) is 4.79 Å². The molecule has 0 atom stereocenters. The van der Waals surface area contributed by atoms with Gasteiger partial charge in [0.1, 0.15) is 0 Å². The van der Waals surface area contributed by atoms with Crippen LogP contribution in [0.3, 0.4) is 0 Å². The molecule has 116 valence electrons. The van der Waals surface area contributed by atoms with E-state index in [0.717, 1.165) is 27.7 Å². The predicted molar refractivity (Wildman–Crippen MR) is 96.1 cm³/mol. The fraction of sp³-hybridized carbons (Fsp3) is 0.0476. The Hall–Kier alpha value is -3.20. The third kappa shape index (κ3) is 2.22. The average molecular weight is 313 g/mol. The highest BCUT2D eigenvalue weighted by Crippen LogP contribution is 2.33. The van der Waals surface area contributed by atoms with Crippen LogP contribution in [0.1, 0.15) is 15.9 Å². The number of fused-ring (bicyclic) bond motifs is 2. The minimum Gasteiger partial charge on any atom is -0.344 e. The lowest BCUT2D eigenvalue weighted by atomic mass is 9.89. The number of carbonyl (C=O) groups is 2. The van der Waals surface area contributed by atoms with Crippen molar-refractivity contribution in [2.75, 3.05) is 11.9 Å². The van der Waals surface area contributed by atoms with E-state index in [0.29, 0.717) is 5.56 Å². The lowest BCUT2D eigenvalue weighted by Gasteiger charge is -2.27. The molecule has 3 nitrogen and oxygen atoms in total. The highest BCUT2D eigenvalue weighted by molar-refractivity contribution is 6.51. The van der Waals surface area contributed by atoms with E-state index in [1.807, 2.05) is 78.7 Å². The van der Waals surface area contributed by atoms with E-state index in [4.69, 9.17) is 0 Å². The van der Waals surface area contributed by atoms with Crippen molar-refractivity contribution < 1.29 is 9.59 Å². The molecule has 0 spiro atoms. The second-order valence-electron chi connectivity index (χ2n) is 5.86. The van der Waals surface area contributed by atoms with Crippen LogP contribution in [0, 0.1) is 0 Å². The first-order valence-corrected chi connectivity index (χ1v) is 7.77. The molecule has 1 aliphatic carbocycles. The number of carbonyl (C=O) groups excluding carboxylic acids is 2. The molecule has 3 aromatic rings. The molecule has 4 rings (SSSR count). The first-order valence-electron chi connectivity index (χ1n) is 7.77. The molecular weight excluding hydrogens is 298 g/mol. The zero-order valence-corrected chi connectivity index (χ0v) is 13.2. The summed E-state index contributed by atoms with van der Waals surface area (Å²) in [5, 5.41) is 2.01. The summed E-state index contributed by atoms with van der Waals surface area (Å²) in [5.74, 6) is -0.920. The Morgan fingerprint density at radius 1 is 0.750 bits per heavy atom. The summed E-state index contributed by atoms with van der Waals surface area (Å²) in [6.45, 7) is 0. The van der Waals surface area contributed by atoms with Crippen LogP contribution in [0.5, 0.6) is 0 Å². The fourth-order valence-corrected chi connectivity index (χ4v) is 3.11. The van der Waals surface area contributed by atoms with Gasteiger partial charge in [-0.1, -0.05) is 42.5 Å². The molecule has 24 heavy (non-hydrogen) atoms. The lowest BCUT2D eigenvalue weighted by molar-refractivity contribution is -0.111. The van der Waals surface area contributed by atoms with E-state index >= 15 is 0 Å². The van der Waals surface area contributed by atoms with Crippen LogP contribution in [0.2, 0.25) is 0 Å². The van der Waals surface area contributed by atoms with Gasteiger partial charge in [0, 0.05) is 29.9 Å². The monoisotopic (exact) mass is 313 g/mol. The maximum absolute atomic E-state index is 12.4. The Morgan fingerprint density at radius 2 is 1.33 bits per heavy atom. The van der Waals surface area contributed by atoms with E-state index in [1.165, 1.54) is 6.08 Å². The van der Waals surface area contributed by atoms with E-state index in [1.54, 1.807) is 0 Å². The predicted octanol–water partition coefficient (Wildman–Crippen LogP) is 4.08. The molecule has 0 saturated heterocycles. The third-order valence-corrected chi connectivity index (χ3v) is 4.40. The minimum atomic E-state index is -0.476. The van der Waals surface area contributed by atoms with Gasteiger partial charge in [-0.05, 0) is 35.0 Å². The molecule has 0 unspecified atom stereocenters. The Bertz CT molecular complexity index is 1000. The van der Waals surface area contributed by atoms with Crippen LogP contribution in [0.15, 0.2) is 72.8 Å². The van der Waals surface area contributed by atoms with E-state index in [-0.39, 0.29) is 0 Å². The van der Waals surface area contributed by atoms with Gasteiger partial charge in [0.15, 0.2) is 0 Å². The number of Topliss-reactive ketones (excluding diaryl/α,β-unsaturated/α-hetero) is 1. The topological polar surface area (TPSA) is 37.4 Å². The molecule has 1 aliphatic rings. The van der Waals surface area contributed by atoms with Gasteiger partial charge in [-0.2, -0.15) is 0 Å². The second kappa shape index (κ2) is 5.46. The first kappa shape index (κ1) is 14.4. The summed E-state index contributed by atoms with van der Waals surface area (Å²) >= 11 is 0. The number of hydrogen-bond acceptors (Lipinski definition) is 3. The molecule has 0 radical (unpaired) electrons. The molecule has 0 heterocycles. The minimum absolute atomic E-state index is 0.444. The Kier molecular flexibility index (Phi) is 3.28. The quantitative estimate of drug-likeness (QED) is 0.669. The number of anilines is 1. The number of para-hydroxylation sites is 1. The molecule has 0 aliphatic heterocycles. The zero-order valence-electron chi connectivity index (χ0n) is 13.2. The standard InChI is InChI=1S/C21H15NO2/c1-22(16-9-3-2-4-10-16)19-13-20(23)21(24)18-12-15-8-6-5-7-14(15)11-17(18)19/h2-13H,1H3. The van der Waals surface area contributed by atoms with Gasteiger partial charge >= 0.3 is 0 Å². The maximum Gasteiger partial charge on any atom is 0.233 e. The summed E-state index contributed by atoms with van der Waals surface area (Å²) in [4.78, 5) is 26.5. The third-order valence-electron chi connectivity index (χ3n) is 4.40. The number of rotatable bonds is 2. The van der Waals surface area contributed by atoms with E-state index < -0.39 is 11.6 Å². The molecule has 0 aromatic heterocycles. The molecule has 0 amide bonds. The van der Waals surface area contributed by atoms with Crippen molar-refractivity contribution in [3.05, 3.63) is 83.9 Å². The van der Waals surface area contributed by atoms with Gasteiger partial charge in [0.25, 0.3) is 0 Å². The number of allylic oxidation sites excluding steroid dienone is 1. The number of nitrogens with zero attached hydrogens (tertiary/aromatic N) is 1.